The Morgan fingerprint density at radius 2 is 2.22 bits per heavy atom. The van der Waals surface area contributed by atoms with Crippen molar-refractivity contribution in [3.8, 4) is 0 Å². The number of aryl methyl sites for hydroxylation is 1. The Kier molecular flexibility index (Phi) is 3.66. The molecule has 0 spiro atoms. The zero-order valence-corrected chi connectivity index (χ0v) is 10.6. The summed E-state index contributed by atoms with van der Waals surface area (Å²) in [5.41, 5.74) is 7.39. The highest BCUT2D eigenvalue weighted by Gasteiger charge is 2.04. The minimum absolute atomic E-state index is 0.183. The number of anilines is 1. The summed E-state index contributed by atoms with van der Waals surface area (Å²) in [4.78, 5) is 18.1. The molecule has 18 heavy (non-hydrogen) atoms. The van der Waals surface area contributed by atoms with Crippen molar-refractivity contribution in [2.75, 3.05) is 5.73 Å². The van der Waals surface area contributed by atoms with Gasteiger partial charge in [0.1, 0.15) is 5.82 Å². The van der Waals surface area contributed by atoms with Gasteiger partial charge in [-0.3, -0.25) is 4.79 Å². The molecule has 1 heterocycles. The van der Waals surface area contributed by atoms with E-state index in [1.54, 1.807) is 13.0 Å². The summed E-state index contributed by atoms with van der Waals surface area (Å²) in [6.07, 6.45) is 0. The number of H-pyrrole nitrogens is 1. The lowest BCUT2D eigenvalue weighted by Crippen LogP contribution is -2.08. The topological polar surface area (TPSA) is 71.8 Å². The predicted molar refractivity (Wildman–Crippen MR) is 70.0 cm³/mol. The minimum Gasteiger partial charge on any atom is -0.398 e. The maximum Gasteiger partial charge on any atom is 0.251 e. The molecule has 0 fully saturated rings. The molecular weight excluding hydrogens is 253 g/mol. The molecule has 94 valence electrons. The molecule has 0 unspecified atom stereocenters. The number of hydrogen-bond acceptors (Lipinski definition) is 4. The number of nitrogens with zero attached hydrogens (tertiary/aromatic N) is 1. The van der Waals surface area contributed by atoms with Crippen LogP contribution >= 0.6 is 11.8 Å². The first-order valence-corrected chi connectivity index (χ1v) is 6.28. The van der Waals surface area contributed by atoms with E-state index in [1.807, 2.05) is 0 Å². The average Bonchev–Trinajstić information content (AvgIpc) is 2.26. The molecule has 0 saturated carbocycles. The number of aromatic nitrogens is 2. The third-order valence-electron chi connectivity index (χ3n) is 2.32. The molecule has 0 saturated heterocycles. The Morgan fingerprint density at radius 1 is 1.44 bits per heavy atom. The molecule has 2 aromatic rings. The fourth-order valence-corrected chi connectivity index (χ4v) is 2.40. The summed E-state index contributed by atoms with van der Waals surface area (Å²) >= 11 is 1.35. The molecule has 4 nitrogen and oxygen atoms in total. The second-order valence-corrected chi connectivity index (χ2v) is 4.79. The van der Waals surface area contributed by atoms with Gasteiger partial charge >= 0.3 is 0 Å². The van der Waals surface area contributed by atoms with Gasteiger partial charge in [0.2, 0.25) is 0 Å². The van der Waals surface area contributed by atoms with Crippen LogP contribution in [0.1, 0.15) is 11.3 Å². The van der Waals surface area contributed by atoms with Crippen LogP contribution in [0.3, 0.4) is 0 Å². The van der Waals surface area contributed by atoms with Crippen molar-refractivity contribution >= 4 is 17.4 Å². The van der Waals surface area contributed by atoms with Gasteiger partial charge in [-0.2, -0.15) is 0 Å². The van der Waals surface area contributed by atoms with Crippen LogP contribution < -0.4 is 11.3 Å². The standard InChI is InChI=1S/C12H12FN3OS/c1-7-4-11(17)16-12(15-7)18-6-8-2-3-9(13)5-10(8)14/h2-5H,6,14H2,1H3,(H,15,16,17). The Balaban J connectivity index is 2.13. The van der Waals surface area contributed by atoms with Crippen LogP contribution in [0.4, 0.5) is 10.1 Å². The maximum absolute atomic E-state index is 12.9. The first kappa shape index (κ1) is 12.6. The molecule has 0 bridgehead atoms. The molecule has 0 amide bonds. The van der Waals surface area contributed by atoms with E-state index in [4.69, 9.17) is 5.73 Å². The van der Waals surface area contributed by atoms with Crippen LogP contribution in [0.5, 0.6) is 0 Å². The number of rotatable bonds is 3. The van der Waals surface area contributed by atoms with Gasteiger partial charge in [-0.25, -0.2) is 9.37 Å². The lowest BCUT2D eigenvalue weighted by Gasteiger charge is -2.05. The van der Waals surface area contributed by atoms with Gasteiger partial charge in [-0.15, -0.1) is 0 Å². The van der Waals surface area contributed by atoms with Gasteiger partial charge in [0.25, 0.3) is 5.56 Å². The number of nitrogen functional groups attached to an aromatic ring is 1. The third kappa shape index (κ3) is 3.10. The molecule has 0 aliphatic heterocycles. The molecule has 0 aliphatic rings. The van der Waals surface area contributed by atoms with E-state index in [9.17, 15) is 9.18 Å². The van der Waals surface area contributed by atoms with Crippen molar-refractivity contribution in [3.05, 3.63) is 51.7 Å². The number of benzene rings is 1. The van der Waals surface area contributed by atoms with Gasteiger partial charge in [-0.05, 0) is 24.6 Å². The van der Waals surface area contributed by atoms with Crippen molar-refractivity contribution in [1.29, 1.82) is 0 Å². The summed E-state index contributed by atoms with van der Waals surface area (Å²) in [5.74, 6) is 0.168. The number of hydrogen-bond donors (Lipinski definition) is 2. The summed E-state index contributed by atoms with van der Waals surface area (Å²) in [6.45, 7) is 1.76. The Bertz CT molecular complexity index is 627. The molecule has 3 N–H and O–H groups in total. The first-order chi connectivity index (χ1) is 8.54. The van der Waals surface area contributed by atoms with Crippen molar-refractivity contribution in [3.63, 3.8) is 0 Å². The van der Waals surface area contributed by atoms with Gasteiger partial charge in [-0.1, -0.05) is 17.8 Å². The zero-order chi connectivity index (χ0) is 13.1. The molecule has 0 atom stereocenters. The van der Waals surface area contributed by atoms with E-state index >= 15 is 0 Å². The molecule has 2 rings (SSSR count). The van der Waals surface area contributed by atoms with Gasteiger partial charge in [0.05, 0.1) is 0 Å². The van der Waals surface area contributed by atoms with Gasteiger partial charge in [0, 0.05) is 23.2 Å². The monoisotopic (exact) mass is 265 g/mol. The van der Waals surface area contributed by atoms with E-state index in [2.05, 4.69) is 9.97 Å². The highest BCUT2D eigenvalue weighted by Crippen LogP contribution is 2.23. The molecule has 6 heteroatoms. The van der Waals surface area contributed by atoms with Crippen molar-refractivity contribution < 1.29 is 4.39 Å². The van der Waals surface area contributed by atoms with Crippen LogP contribution in [-0.4, -0.2) is 9.97 Å². The predicted octanol–water partition coefficient (Wildman–Crippen LogP) is 2.09. The minimum atomic E-state index is -0.358. The fourth-order valence-electron chi connectivity index (χ4n) is 1.46. The van der Waals surface area contributed by atoms with Gasteiger partial charge in [0.15, 0.2) is 5.16 Å². The number of thioether (sulfide) groups is 1. The SMILES string of the molecule is Cc1cc(=O)[nH]c(SCc2ccc(F)cc2N)n1. The normalized spacial score (nSPS) is 10.6. The highest BCUT2D eigenvalue weighted by molar-refractivity contribution is 7.98. The lowest BCUT2D eigenvalue weighted by atomic mass is 10.2. The highest BCUT2D eigenvalue weighted by atomic mass is 32.2. The van der Waals surface area contributed by atoms with E-state index in [-0.39, 0.29) is 11.4 Å². The van der Waals surface area contributed by atoms with Crippen molar-refractivity contribution in [2.24, 2.45) is 0 Å². The number of nitrogens with one attached hydrogen (secondary N) is 1. The van der Waals surface area contributed by atoms with Crippen LogP contribution in [-0.2, 0) is 5.75 Å². The van der Waals surface area contributed by atoms with Crippen LogP contribution in [0.25, 0.3) is 0 Å². The lowest BCUT2D eigenvalue weighted by molar-refractivity contribution is 0.628. The van der Waals surface area contributed by atoms with Crippen LogP contribution in [0.2, 0.25) is 0 Å². The molecular formula is C12H12FN3OS. The summed E-state index contributed by atoms with van der Waals surface area (Å²) < 4.78 is 12.9. The number of aromatic amines is 1. The Hall–Kier alpha value is -1.82. The second kappa shape index (κ2) is 5.22. The number of nitrogens with two attached hydrogens (primary N) is 1. The number of halogens is 1. The maximum atomic E-state index is 12.9. The molecule has 0 aliphatic carbocycles. The Morgan fingerprint density at radius 3 is 2.89 bits per heavy atom. The van der Waals surface area contributed by atoms with Crippen LogP contribution in [0.15, 0.2) is 34.2 Å². The van der Waals surface area contributed by atoms with E-state index in [1.165, 1.54) is 30.0 Å². The van der Waals surface area contributed by atoms with Crippen molar-refractivity contribution in [1.82, 2.24) is 9.97 Å². The fraction of sp³-hybridized carbons (Fsp3) is 0.167. The second-order valence-electron chi connectivity index (χ2n) is 3.82. The van der Waals surface area contributed by atoms with E-state index < -0.39 is 0 Å². The third-order valence-corrected chi connectivity index (χ3v) is 3.24. The van der Waals surface area contributed by atoms with E-state index in [0.717, 1.165) is 5.56 Å². The molecule has 0 radical (unpaired) electrons. The first-order valence-electron chi connectivity index (χ1n) is 5.29. The summed E-state index contributed by atoms with van der Waals surface area (Å²) in [5, 5.41) is 0.531. The molecule has 1 aromatic heterocycles. The Labute approximate surface area is 107 Å². The summed E-state index contributed by atoms with van der Waals surface area (Å²) in [7, 11) is 0. The van der Waals surface area contributed by atoms with Gasteiger partial charge < -0.3 is 10.7 Å². The smallest absolute Gasteiger partial charge is 0.251 e. The van der Waals surface area contributed by atoms with Crippen molar-refractivity contribution in [2.45, 2.75) is 17.8 Å². The van der Waals surface area contributed by atoms with Crippen LogP contribution in [0, 0.1) is 12.7 Å². The molecule has 1 aromatic carbocycles. The average molecular weight is 265 g/mol. The summed E-state index contributed by atoms with van der Waals surface area (Å²) in [6, 6.07) is 5.70. The quantitative estimate of drug-likeness (QED) is 0.506. The largest absolute Gasteiger partial charge is 0.398 e. The van der Waals surface area contributed by atoms with E-state index in [0.29, 0.717) is 22.3 Å². The zero-order valence-electron chi connectivity index (χ0n) is 9.74.